The molecule has 0 amide bonds. The molecule has 34 heavy (non-hydrogen) atoms. The summed E-state index contributed by atoms with van der Waals surface area (Å²) in [6.45, 7) is 11.1. The number of nitrogens with one attached hydrogen (secondary N) is 1. The molecule has 7 nitrogen and oxygen atoms in total. The fraction of sp³-hybridized carbons (Fsp3) is 0.308. The molecule has 2 aromatic rings. The van der Waals surface area contributed by atoms with Crippen molar-refractivity contribution < 1.29 is 4.74 Å². The lowest BCUT2D eigenvalue weighted by molar-refractivity contribution is 0.406. The fourth-order valence-electron chi connectivity index (χ4n) is 4.05. The molecule has 1 aliphatic rings. The Kier molecular flexibility index (Phi) is 8.23. The number of nitrogens with zero attached hydrogens (tertiary/aromatic N) is 4. The summed E-state index contributed by atoms with van der Waals surface area (Å²) >= 11 is 6.66. The summed E-state index contributed by atoms with van der Waals surface area (Å²) in [5.74, 6) is 1.99. The van der Waals surface area contributed by atoms with Gasteiger partial charge in [-0.05, 0) is 26.3 Å². The van der Waals surface area contributed by atoms with Crippen LogP contribution in [0.2, 0.25) is 0 Å². The molecule has 3 rings (SSSR count). The summed E-state index contributed by atoms with van der Waals surface area (Å²) in [7, 11) is 3.74. The van der Waals surface area contributed by atoms with Gasteiger partial charge in [0.2, 0.25) is 0 Å². The quantitative estimate of drug-likeness (QED) is 0.482. The van der Waals surface area contributed by atoms with E-state index in [2.05, 4.69) is 57.6 Å². The predicted octanol–water partition coefficient (Wildman–Crippen LogP) is 5.19. The number of anilines is 1. The maximum Gasteiger partial charge on any atom is 0.142 e. The standard InChI is InChI=1S/C26H33ClN6O/c1-7-9-11-20(10-8-2)32(5)14-19-15-33(26-23(19)25(27)31-22(28)13-30-26)16-21-18(4)24(34-6)17(3)12-29-21/h7,9-13,15,30H,1,8,14,16,28H2,2-6H3/b11-9-,20-10+. The van der Waals surface area contributed by atoms with Gasteiger partial charge < -0.3 is 25.3 Å². The summed E-state index contributed by atoms with van der Waals surface area (Å²) in [5, 5.41) is 3.65. The number of allylic oxidation sites excluding steroid dienone is 4. The molecule has 3 heterocycles. The summed E-state index contributed by atoms with van der Waals surface area (Å²) < 4.78 is 7.70. The van der Waals surface area contributed by atoms with Crippen LogP contribution in [0.5, 0.6) is 5.75 Å². The third-order valence-corrected chi connectivity index (χ3v) is 5.96. The molecule has 0 fully saturated rings. The van der Waals surface area contributed by atoms with Crippen LogP contribution in [0.15, 0.2) is 66.0 Å². The maximum absolute atomic E-state index is 6.66. The van der Waals surface area contributed by atoms with E-state index in [1.807, 2.05) is 32.2 Å². The highest BCUT2D eigenvalue weighted by Gasteiger charge is 2.23. The lowest BCUT2D eigenvalue weighted by atomic mass is 10.1. The zero-order chi connectivity index (χ0) is 24.8. The molecule has 3 N–H and O–H groups in total. The normalized spacial score (nSPS) is 13.6. The molecule has 2 aromatic heterocycles. The van der Waals surface area contributed by atoms with Gasteiger partial charge in [-0.2, -0.15) is 0 Å². The number of hydrogen-bond acceptors (Lipinski definition) is 6. The van der Waals surface area contributed by atoms with Gasteiger partial charge in [0.05, 0.1) is 24.9 Å². The number of hydrogen-bond donors (Lipinski definition) is 2. The maximum atomic E-state index is 6.66. The molecule has 8 heteroatoms. The first-order chi connectivity index (χ1) is 16.3. The van der Waals surface area contributed by atoms with Crippen molar-refractivity contribution in [2.24, 2.45) is 10.7 Å². The number of ether oxygens (including phenoxy) is 1. The van der Waals surface area contributed by atoms with Gasteiger partial charge in [0.1, 0.15) is 22.6 Å². The highest BCUT2D eigenvalue weighted by atomic mass is 35.5. The van der Waals surface area contributed by atoms with Crippen LogP contribution in [-0.2, 0) is 13.1 Å². The molecule has 0 aliphatic carbocycles. The first kappa shape index (κ1) is 25.2. The van der Waals surface area contributed by atoms with Crippen LogP contribution in [0.4, 0.5) is 5.82 Å². The number of halogens is 1. The van der Waals surface area contributed by atoms with Crippen LogP contribution in [0.25, 0.3) is 0 Å². The van der Waals surface area contributed by atoms with Gasteiger partial charge >= 0.3 is 0 Å². The Balaban J connectivity index is 2.06. The smallest absolute Gasteiger partial charge is 0.142 e. The average Bonchev–Trinajstić information content (AvgIpc) is 3.05. The minimum atomic E-state index is 0.318. The van der Waals surface area contributed by atoms with Gasteiger partial charge in [0.25, 0.3) is 0 Å². The predicted molar refractivity (Wildman–Crippen MR) is 141 cm³/mol. The molecular formula is C26H33ClN6O. The number of aryl methyl sites for hydroxylation is 1. The lowest BCUT2D eigenvalue weighted by Crippen LogP contribution is -2.17. The third kappa shape index (κ3) is 5.37. The molecule has 0 saturated heterocycles. The van der Waals surface area contributed by atoms with Gasteiger partial charge in [-0.15, -0.1) is 0 Å². The van der Waals surface area contributed by atoms with Crippen molar-refractivity contribution in [2.75, 3.05) is 19.5 Å². The fourth-order valence-corrected chi connectivity index (χ4v) is 4.36. The highest BCUT2D eigenvalue weighted by molar-refractivity contribution is 6.70. The molecule has 0 aromatic carbocycles. The molecular weight excluding hydrogens is 448 g/mol. The summed E-state index contributed by atoms with van der Waals surface area (Å²) in [4.78, 5) is 11.2. The van der Waals surface area contributed by atoms with Gasteiger partial charge in [-0.25, -0.2) is 4.99 Å². The molecule has 0 saturated carbocycles. The van der Waals surface area contributed by atoms with Crippen LogP contribution < -0.4 is 15.8 Å². The molecule has 1 aliphatic heterocycles. The Morgan fingerprint density at radius 3 is 2.82 bits per heavy atom. The number of methoxy groups -OCH3 is 1. The van der Waals surface area contributed by atoms with E-state index in [9.17, 15) is 0 Å². The van der Waals surface area contributed by atoms with Crippen molar-refractivity contribution in [1.29, 1.82) is 0 Å². The summed E-state index contributed by atoms with van der Waals surface area (Å²) in [5.41, 5.74) is 11.9. The molecule has 0 unspecified atom stereocenters. The second-order valence-electron chi connectivity index (χ2n) is 8.16. The van der Waals surface area contributed by atoms with E-state index in [1.54, 1.807) is 19.4 Å². The zero-order valence-corrected chi connectivity index (χ0v) is 21.3. The monoisotopic (exact) mass is 480 g/mol. The third-order valence-electron chi connectivity index (χ3n) is 5.68. The van der Waals surface area contributed by atoms with E-state index >= 15 is 0 Å². The summed E-state index contributed by atoms with van der Waals surface area (Å²) in [6, 6.07) is 0. The number of pyridine rings is 1. The minimum Gasteiger partial charge on any atom is -0.496 e. The number of aromatic nitrogens is 2. The van der Waals surface area contributed by atoms with Crippen LogP contribution in [0, 0.1) is 13.8 Å². The topological polar surface area (TPSA) is 80.7 Å². The second-order valence-corrected chi connectivity index (χ2v) is 8.51. The SMILES string of the molecule is C=C/C=C\C(=C/CC)N(C)Cc1cn(Cc2ncc(C)c(OC)c2C)c2c1C(Cl)=NC(N)=CN2. The van der Waals surface area contributed by atoms with Crippen LogP contribution in [0.1, 0.15) is 41.3 Å². The first-order valence-corrected chi connectivity index (χ1v) is 11.6. The Morgan fingerprint density at radius 1 is 1.38 bits per heavy atom. The van der Waals surface area contributed by atoms with Crippen LogP contribution in [0.3, 0.4) is 0 Å². The van der Waals surface area contributed by atoms with Gasteiger partial charge in [0, 0.05) is 54.6 Å². The van der Waals surface area contributed by atoms with Crippen molar-refractivity contribution in [3.05, 3.63) is 88.9 Å². The zero-order valence-electron chi connectivity index (χ0n) is 20.5. The molecule has 0 atom stereocenters. The molecule has 0 spiro atoms. The molecule has 0 bridgehead atoms. The van der Waals surface area contributed by atoms with Crippen molar-refractivity contribution >= 4 is 22.6 Å². The first-order valence-electron chi connectivity index (χ1n) is 11.2. The van der Waals surface area contributed by atoms with Gasteiger partial charge in [-0.1, -0.05) is 43.3 Å². The summed E-state index contributed by atoms with van der Waals surface area (Å²) in [6.07, 6.45) is 14.4. The number of likely N-dealkylation sites (N-methyl/N-ethyl adjacent to an activating group) is 1. The van der Waals surface area contributed by atoms with E-state index in [0.717, 1.165) is 51.6 Å². The van der Waals surface area contributed by atoms with E-state index < -0.39 is 0 Å². The number of rotatable bonds is 9. The number of nitrogens with two attached hydrogens (primary N) is 1. The van der Waals surface area contributed by atoms with E-state index in [-0.39, 0.29) is 0 Å². The van der Waals surface area contributed by atoms with Crippen molar-refractivity contribution in [2.45, 2.75) is 40.3 Å². The average molecular weight is 481 g/mol. The van der Waals surface area contributed by atoms with Crippen LogP contribution >= 0.6 is 11.6 Å². The van der Waals surface area contributed by atoms with Crippen molar-refractivity contribution in [3.8, 4) is 5.75 Å². The van der Waals surface area contributed by atoms with Crippen LogP contribution in [-0.4, -0.2) is 33.8 Å². The Bertz CT molecular complexity index is 1190. The Labute approximate surface area is 207 Å². The Hall–Kier alpha value is -3.45. The lowest BCUT2D eigenvalue weighted by Gasteiger charge is -2.21. The number of fused-ring (bicyclic) bond motifs is 1. The minimum absolute atomic E-state index is 0.318. The molecule has 180 valence electrons. The largest absolute Gasteiger partial charge is 0.496 e. The highest BCUT2D eigenvalue weighted by Crippen LogP contribution is 2.32. The number of aliphatic imine (C=N–C) groups is 1. The van der Waals surface area contributed by atoms with Gasteiger partial charge in [-0.3, -0.25) is 4.98 Å². The van der Waals surface area contributed by atoms with Gasteiger partial charge in [0.15, 0.2) is 0 Å². The Morgan fingerprint density at radius 2 is 2.15 bits per heavy atom. The second kappa shape index (κ2) is 11.1. The van der Waals surface area contributed by atoms with E-state index in [0.29, 0.717) is 24.1 Å². The van der Waals surface area contributed by atoms with E-state index in [1.165, 1.54) is 0 Å². The molecule has 0 radical (unpaired) electrons. The van der Waals surface area contributed by atoms with Crippen molar-refractivity contribution in [3.63, 3.8) is 0 Å². The van der Waals surface area contributed by atoms with Crippen molar-refractivity contribution in [1.82, 2.24) is 14.5 Å². The van der Waals surface area contributed by atoms with E-state index in [4.69, 9.17) is 22.1 Å².